The Kier molecular flexibility index (Phi) is 6.74. The van der Waals surface area contributed by atoms with Gasteiger partial charge in [-0.05, 0) is 66.2 Å². The summed E-state index contributed by atoms with van der Waals surface area (Å²) in [4.78, 5) is 26.8. The number of thiocarbonyl (C=S) groups is 1. The summed E-state index contributed by atoms with van der Waals surface area (Å²) in [5.41, 5.74) is 1.08. The molecular formula is C22H21ClN2O4S. The Balaban J connectivity index is 1.93. The van der Waals surface area contributed by atoms with Crippen LogP contribution in [0.4, 0.5) is 5.69 Å². The summed E-state index contributed by atoms with van der Waals surface area (Å²) in [5, 5.41) is 3.10. The van der Waals surface area contributed by atoms with Gasteiger partial charge in [-0.15, -0.1) is 0 Å². The molecule has 1 N–H and O–H groups in total. The van der Waals surface area contributed by atoms with Crippen LogP contribution in [0.25, 0.3) is 6.08 Å². The van der Waals surface area contributed by atoms with Crippen molar-refractivity contribution in [3.05, 3.63) is 58.6 Å². The van der Waals surface area contributed by atoms with Crippen molar-refractivity contribution in [1.82, 2.24) is 5.32 Å². The van der Waals surface area contributed by atoms with E-state index in [1.54, 1.807) is 42.5 Å². The van der Waals surface area contributed by atoms with Gasteiger partial charge in [0.15, 0.2) is 16.6 Å². The molecule has 30 heavy (non-hydrogen) atoms. The minimum absolute atomic E-state index is 0.0134. The molecule has 2 aromatic rings. The maximum Gasteiger partial charge on any atom is 0.270 e. The lowest BCUT2D eigenvalue weighted by Crippen LogP contribution is -2.54. The minimum Gasteiger partial charge on any atom is -0.493 e. The topological polar surface area (TPSA) is 67.9 Å². The molecule has 1 fully saturated rings. The number of methoxy groups -OCH3 is 1. The molecule has 0 unspecified atom stereocenters. The third-order valence-electron chi connectivity index (χ3n) is 4.26. The zero-order chi connectivity index (χ0) is 21.8. The van der Waals surface area contributed by atoms with E-state index in [1.807, 2.05) is 0 Å². The van der Waals surface area contributed by atoms with Gasteiger partial charge in [0.25, 0.3) is 11.8 Å². The fourth-order valence-electron chi connectivity index (χ4n) is 2.80. The van der Waals surface area contributed by atoms with E-state index in [1.165, 1.54) is 18.1 Å². The van der Waals surface area contributed by atoms with Crippen LogP contribution in [0.1, 0.15) is 19.4 Å². The largest absolute Gasteiger partial charge is 0.493 e. The number of carbonyl (C=O) groups excluding carboxylic acids is 2. The van der Waals surface area contributed by atoms with Gasteiger partial charge in [0.1, 0.15) is 5.57 Å². The molecular weight excluding hydrogens is 424 g/mol. The fourth-order valence-corrected chi connectivity index (χ4v) is 3.21. The number of carbonyl (C=O) groups is 2. The Bertz CT molecular complexity index is 1020. The lowest BCUT2D eigenvalue weighted by Gasteiger charge is -2.29. The van der Waals surface area contributed by atoms with Crippen molar-refractivity contribution >= 4 is 52.5 Å². The van der Waals surface area contributed by atoms with Crippen molar-refractivity contribution in [2.45, 2.75) is 13.8 Å². The number of anilines is 1. The molecule has 1 saturated heterocycles. The van der Waals surface area contributed by atoms with E-state index < -0.39 is 11.8 Å². The van der Waals surface area contributed by atoms with Crippen LogP contribution in [-0.4, -0.2) is 30.6 Å². The number of nitrogens with one attached hydrogen (secondary N) is 1. The standard InChI is InChI=1S/C22H21ClN2O4S/c1-13(2)12-29-18-9-4-14(11-19(18)28-3)10-17-20(26)24-22(30)25(21(17)27)16-7-5-15(23)6-8-16/h4-11,13H,12H2,1-3H3,(H,24,26,30). The summed E-state index contributed by atoms with van der Waals surface area (Å²) in [7, 11) is 1.54. The Morgan fingerprint density at radius 1 is 1.13 bits per heavy atom. The summed E-state index contributed by atoms with van der Waals surface area (Å²) in [6.45, 7) is 4.65. The van der Waals surface area contributed by atoms with Crippen LogP contribution in [0.2, 0.25) is 5.02 Å². The Labute approximate surface area is 185 Å². The Morgan fingerprint density at radius 3 is 2.47 bits per heavy atom. The molecule has 0 bridgehead atoms. The van der Waals surface area contributed by atoms with Crippen LogP contribution in [0.15, 0.2) is 48.0 Å². The maximum atomic E-state index is 13.1. The number of rotatable bonds is 6. The molecule has 1 aliphatic rings. The SMILES string of the molecule is COc1cc(C=C2C(=O)NC(=S)N(c3ccc(Cl)cc3)C2=O)ccc1OCC(C)C. The molecule has 0 aliphatic carbocycles. The van der Waals surface area contributed by atoms with Crippen molar-refractivity contribution < 1.29 is 19.1 Å². The van der Waals surface area contributed by atoms with Gasteiger partial charge in [0.05, 0.1) is 19.4 Å². The van der Waals surface area contributed by atoms with Crippen LogP contribution in [-0.2, 0) is 9.59 Å². The summed E-state index contributed by atoms with van der Waals surface area (Å²) >= 11 is 11.1. The highest BCUT2D eigenvalue weighted by Gasteiger charge is 2.34. The second kappa shape index (κ2) is 9.28. The Morgan fingerprint density at radius 2 is 1.83 bits per heavy atom. The van der Waals surface area contributed by atoms with Crippen LogP contribution in [0.3, 0.4) is 0 Å². The van der Waals surface area contributed by atoms with Gasteiger partial charge < -0.3 is 9.47 Å². The lowest BCUT2D eigenvalue weighted by atomic mass is 10.1. The molecule has 0 saturated carbocycles. The van der Waals surface area contributed by atoms with Gasteiger partial charge in [-0.2, -0.15) is 0 Å². The molecule has 6 nitrogen and oxygen atoms in total. The van der Waals surface area contributed by atoms with Gasteiger partial charge in [0, 0.05) is 5.02 Å². The third kappa shape index (κ3) is 4.80. The normalized spacial score (nSPS) is 15.6. The molecule has 156 valence electrons. The molecule has 2 aromatic carbocycles. The predicted octanol–water partition coefficient (Wildman–Crippen LogP) is 4.21. The van der Waals surface area contributed by atoms with Crippen LogP contribution < -0.4 is 19.7 Å². The summed E-state index contributed by atoms with van der Waals surface area (Å²) in [6.07, 6.45) is 1.50. The zero-order valence-electron chi connectivity index (χ0n) is 16.8. The highest BCUT2D eigenvalue weighted by Crippen LogP contribution is 2.30. The molecule has 3 rings (SSSR count). The average Bonchev–Trinajstić information content (AvgIpc) is 2.71. The van der Waals surface area contributed by atoms with E-state index in [-0.39, 0.29) is 10.7 Å². The molecule has 0 radical (unpaired) electrons. The smallest absolute Gasteiger partial charge is 0.270 e. The first-order valence-corrected chi connectivity index (χ1v) is 10.1. The average molecular weight is 445 g/mol. The van der Waals surface area contributed by atoms with E-state index in [0.717, 1.165) is 0 Å². The molecule has 0 spiro atoms. The van der Waals surface area contributed by atoms with E-state index in [2.05, 4.69) is 19.2 Å². The van der Waals surface area contributed by atoms with Crippen molar-refractivity contribution in [1.29, 1.82) is 0 Å². The molecule has 2 amide bonds. The summed E-state index contributed by atoms with van der Waals surface area (Å²) in [6, 6.07) is 11.8. The van der Waals surface area contributed by atoms with Gasteiger partial charge in [-0.25, -0.2) is 0 Å². The summed E-state index contributed by atoms with van der Waals surface area (Å²) in [5.74, 6) is 0.387. The van der Waals surface area contributed by atoms with Gasteiger partial charge in [-0.3, -0.25) is 19.8 Å². The van der Waals surface area contributed by atoms with Crippen LogP contribution >= 0.6 is 23.8 Å². The van der Waals surface area contributed by atoms with Crippen molar-refractivity contribution in [2.75, 3.05) is 18.6 Å². The van der Waals surface area contributed by atoms with Crippen molar-refractivity contribution in [2.24, 2.45) is 5.92 Å². The van der Waals surface area contributed by atoms with Crippen molar-refractivity contribution in [3.63, 3.8) is 0 Å². The highest BCUT2D eigenvalue weighted by molar-refractivity contribution is 7.80. The number of benzene rings is 2. The van der Waals surface area contributed by atoms with Gasteiger partial charge in [0.2, 0.25) is 0 Å². The van der Waals surface area contributed by atoms with E-state index in [4.69, 9.17) is 33.3 Å². The summed E-state index contributed by atoms with van der Waals surface area (Å²) < 4.78 is 11.1. The number of hydrogen-bond donors (Lipinski definition) is 1. The molecule has 0 aromatic heterocycles. The van der Waals surface area contributed by atoms with Gasteiger partial charge >= 0.3 is 0 Å². The monoisotopic (exact) mass is 444 g/mol. The first kappa shape index (κ1) is 21.8. The number of hydrogen-bond acceptors (Lipinski definition) is 5. The number of amides is 2. The quantitative estimate of drug-likeness (QED) is 0.410. The van der Waals surface area contributed by atoms with Crippen molar-refractivity contribution in [3.8, 4) is 11.5 Å². The lowest BCUT2D eigenvalue weighted by molar-refractivity contribution is -0.122. The highest BCUT2D eigenvalue weighted by atomic mass is 35.5. The molecule has 1 aliphatic heterocycles. The Hall–Kier alpha value is -2.90. The zero-order valence-corrected chi connectivity index (χ0v) is 18.3. The van der Waals surface area contributed by atoms with Crippen LogP contribution in [0.5, 0.6) is 11.5 Å². The first-order valence-electron chi connectivity index (χ1n) is 9.28. The van der Waals surface area contributed by atoms with E-state index in [0.29, 0.717) is 40.3 Å². The van der Waals surface area contributed by atoms with Crippen LogP contribution in [0, 0.1) is 5.92 Å². The number of halogens is 1. The van der Waals surface area contributed by atoms with E-state index in [9.17, 15) is 9.59 Å². The van der Waals surface area contributed by atoms with E-state index >= 15 is 0 Å². The second-order valence-corrected chi connectivity index (χ2v) is 7.87. The third-order valence-corrected chi connectivity index (χ3v) is 4.79. The molecule has 1 heterocycles. The molecule has 0 atom stereocenters. The predicted molar refractivity (Wildman–Crippen MR) is 121 cm³/mol. The number of ether oxygens (including phenoxy) is 2. The van der Waals surface area contributed by atoms with Gasteiger partial charge in [-0.1, -0.05) is 31.5 Å². The molecule has 8 heteroatoms. The minimum atomic E-state index is -0.561. The second-order valence-electron chi connectivity index (χ2n) is 7.05. The number of nitrogens with zero attached hydrogens (tertiary/aromatic N) is 1. The first-order chi connectivity index (χ1) is 14.3. The maximum absolute atomic E-state index is 13.1. The fraction of sp³-hybridized carbons (Fsp3) is 0.227.